The van der Waals surface area contributed by atoms with E-state index in [2.05, 4.69) is 15.5 Å². The van der Waals surface area contributed by atoms with Crippen molar-refractivity contribution in [2.75, 3.05) is 31.6 Å². The molecule has 1 aliphatic heterocycles. The van der Waals surface area contributed by atoms with Crippen LogP contribution in [0.2, 0.25) is 0 Å². The summed E-state index contributed by atoms with van der Waals surface area (Å²) >= 11 is 2.76. The third-order valence-corrected chi connectivity index (χ3v) is 5.46. The van der Waals surface area contributed by atoms with Gasteiger partial charge in [-0.25, -0.2) is 4.39 Å². The first-order valence-corrected chi connectivity index (χ1v) is 9.21. The number of morpholine rings is 1. The Morgan fingerprint density at radius 2 is 2.04 bits per heavy atom. The van der Waals surface area contributed by atoms with Crippen LogP contribution in [-0.4, -0.2) is 52.6 Å². The van der Waals surface area contributed by atoms with Gasteiger partial charge in [0.05, 0.1) is 18.5 Å². The standard InChI is InChI=1S/C15H17FN4O2S2/c1-10(13(21)20-6-8-22-9-7-20)23-15-19-18-14(24-15)17-12-4-2-11(16)3-5-12/h2-5,10H,6-9H2,1H3,(H,17,18). The Kier molecular flexibility index (Phi) is 5.64. The van der Waals surface area contributed by atoms with Gasteiger partial charge in [0.1, 0.15) is 5.82 Å². The summed E-state index contributed by atoms with van der Waals surface area (Å²) in [5.74, 6) is -0.198. The third kappa shape index (κ3) is 4.43. The van der Waals surface area contributed by atoms with E-state index < -0.39 is 0 Å². The van der Waals surface area contributed by atoms with Crippen LogP contribution in [0.25, 0.3) is 0 Å². The highest BCUT2D eigenvalue weighted by Crippen LogP contribution is 2.31. The molecule has 1 aliphatic rings. The van der Waals surface area contributed by atoms with Gasteiger partial charge in [0.25, 0.3) is 0 Å². The first kappa shape index (κ1) is 17.1. The number of rotatable bonds is 5. The maximum atomic E-state index is 12.9. The predicted molar refractivity (Wildman–Crippen MR) is 92.3 cm³/mol. The molecule has 9 heteroatoms. The molecular formula is C15H17FN4O2S2. The topological polar surface area (TPSA) is 67.4 Å². The average Bonchev–Trinajstić information content (AvgIpc) is 3.04. The Morgan fingerprint density at radius 1 is 1.33 bits per heavy atom. The molecule has 6 nitrogen and oxygen atoms in total. The molecule has 1 atom stereocenters. The number of ether oxygens (including phenoxy) is 1. The van der Waals surface area contributed by atoms with Crippen molar-refractivity contribution in [1.29, 1.82) is 0 Å². The summed E-state index contributed by atoms with van der Waals surface area (Å²) in [5, 5.41) is 11.6. The van der Waals surface area contributed by atoms with Crippen molar-refractivity contribution in [3.05, 3.63) is 30.1 Å². The van der Waals surface area contributed by atoms with E-state index in [1.54, 1.807) is 12.1 Å². The fourth-order valence-corrected chi connectivity index (χ4v) is 4.21. The van der Waals surface area contributed by atoms with Crippen LogP contribution in [0, 0.1) is 5.82 Å². The zero-order valence-corrected chi connectivity index (χ0v) is 14.7. The minimum absolute atomic E-state index is 0.0894. The number of carbonyl (C=O) groups excluding carboxylic acids is 1. The van der Waals surface area contributed by atoms with Crippen LogP contribution >= 0.6 is 23.1 Å². The SMILES string of the molecule is CC(Sc1nnc(Nc2ccc(F)cc2)s1)C(=O)N1CCOCC1. The summed E-state index contributed by atoms with van der Waals surface area (Å²) < 4.78 is 18.9. The van der Waals surface area contributed by atoms with Gasteiger partial charge in [0.15, 0.2) is 4.34 Å². The van der Waals surface area contributed by atoms with Gasteiger partial charge in [-0.1, -0.05) is 23.1 Å². The van der Waals surface area contributed by atoms with Gasteiger partial charge in [-0.3, -0.25) is 4.79 Å². The Labute approximate surface area is 147 Å². The van der Waals surface area contributed by atoms with Crippen molar-refractivity contribution in [3.8, 4) is 0 Å². The molecule has 0 aliphatic carbocycles. The summed E-state index contributed by atoms with van der Waals surface area (Å²) in [6, 6.07) is 6.02. The van der Waals surface area contributed by atoms with Gasteiger partial charge in [0, 0.05) is 18.8 Å². The molecule has 128 valence electrons. The summed E-state index contributed by atoms with van der Waals surface area (Å²) in [6.45, 7) is 4.33. The van der Waals surface area contributed by atoms with Gasteiger partial charge in [-0.05, 0) is 31.2 Å². The van der Waals surface area contributed by atoms with E-state index in [1.165, 1.54) is 35.2 Å². The zero-order chi connectivity index (χ0) is 16.9. The second kappa shape index (κ2) is 7.91. The van der Waals surface area contributed by atoms with Crippen LogP contribution < -0.4 is 5.32 Å². The number of hydrogen-bond acceptors (Lipinski definition) is 7. The monoisotopic (exact) mass is 368 g/mol. The summed E-state index contributed by atoms with van der Waals surface area (Å²) in [7, 11) is 0. The molecule has 1 N–H and O–H groups in total. The highest BCUT2D eigenvalue weighted by Gasteiger charge is 2.24. The first-order valence-electron chi connectivity index (χ1n) is 7.51. The van der Waals surface area contributed by atoms with Gasteiger partial charge in [-0.15, -0.1) is 10.2 Å². The molecule has 0 bridgehead atoms. The number of nitrogens with zero attached hydrogens (tertiary/aromatic N) is 3. The van der Waals surface area contributed by atoms with E-state index >= 15 is 0 Å². The maximum absolute atomic E-state index is 12.9. The molecule has 2 aromatic rings. The molecule has 1 amide bonds. The molecule has 0 spiro atoms. The van der Waals surface area contributed by atoms with Crippen LogP contribution in [0.15, 0.2) is 28.6 Å². The molecule has 1 aromatic heterocycles. The van der Waals surface area contributed by atoms with E-state index in [0.717, 1.165) is 5.69 Å². The fraction of sp³-hybridized carbons (Fsp3) is 0.400. The largest absolute Gasteiger partial charge is 0.378 e. The number of amides is 1. The van der Waals surface area contributed by atoms with Crippen LogP contribution in [0.3, 0.4) is 0 Å². The molecule has 24 heavy (non-hydrogen) atoms. The molecular weight excluding hydrogens is 351 g/mol. The molecule has 1 saturated heterocycles. The minimum atomic E-state index is -0.287. The van der Waals surface area contributed by atoms with E-state index in [0.29, 0.717) is 35.8 Å². The fourth-order valence-electron chi connectivity index (χ4n) is 2.21. The molecule has 1 aromatic carbocycles. The quantitative estimate of drug-likeness (QED) is 0.819. The molecule has 0 radical (unpaired) electrons. The lowest BCUT2D eigenvalue weighted by molar-refractivity contribution is -0.134. The zero-order valence-electron chi connectivity index (χ0n) is 13.1. The molecule has 2 heterocycles. The van der Waals surface area contributed by atoms with Crippen molar-refractivity contribution in [2.45, 2.75) is 16.5 Å². The van der Waals surface area contributed by atoms with Crippen molar-refractivity contribution in [2.24, 2.45) is 0 Å². The van der Waals surface area contributed by atoms with Gasteiger partial charge < -0.3 is 15.0 Å². The Hall–Kier alpha value is -1.71. The van der Waals surface area contributed by atoms with Crippen molar-refractivity contribution in [1.82, 2.24) is 15.1 Å². The van der Waals surface area contributed by atoms with Crippen LogP contribution in [-0.2, 0) is 9.53 Å². The van der Waals surface area contributed by atoms with E-state index in [-0.39, 0.29) is 17.0 Å². The van der Waals surface area contributed by atoms with Gasteiger partial charge in [-0.2, -0.15) is 0 Å². The lowest BCUT2D eigenvalue weighted by atomic mass is 10.3. The summed E-state index contributed by atoms with van der Waals surface area (Å²) in [5.41, 5.74) is 0.738. The van der Waals surface area contributed by atoms with E-state index in [1.807, 2.05) is 11.8 Å². The number of halogens is 1. The summed E-state index contributed by atoms with van der Waals surface area (Å²) in [6.07, 6.45) is 0. The number of anilines is 2. The Bertz CT molecular complexity index is 689. The summed E-state index contributed by atoms with van der Waals surface area (Å²) in [4.78, 5) is 14.2. The number of benzene rings is 1. The van der Waals surface area contributed by atoms with Gasteiger partial charge >= 0.3 is 0 Å². The smallest absolute Gasteiger partial charge is 0.236 e. The minimum Gasteiger partial charge on any atom is -0.378 e. The second-order valence-electron chi connectivity index (χ2n) is 5.20. The van der Waals surface area contributed by atoms with Crippen molar-refractivity contribution < 1.29 is 13.9 Å². The average molecular weight is 368 g/mol. The molecule has 1 unspecified atom stereocenters. The number of hydrogen-bond donors (Lipinski definition) is 1. The van der Waals surface area contributed by atoms with Gasteiger partial charge in [0.2, 0.25) is 11.0 Å². The molecule has 0 saturated carbocycles. The number of thioether (sulfide) groups is 1. The predicted octanol–water partition coefficient (Wildman–Crippen LogP) is 2.76. The van der Waals surface area contributed by atoms with Crippen molar-refractivity contribution in [3.63, 3.8) is 0 Å². The molecule has 3 rings (SSSR count). The van der Waals surface area contributed by atoms with Crippen LogP contribution in [0.4, 0.5) is 15.2 Å². The second-order valence-corrected chi connectivity index (χ2v) is 7.77. The molecule has 1 fully saturated rings. The van der Waals surface area contributed by atoms with Crippen molar-refractivity contribution >= 4 is 39.8 Å². The van der Waals surface area contributed by atoms with E-state index in [4.69, 9.17) is 4.74 Å². The highest BCUT2D eigenvalue weighted by molar-refractivity contribution is 8.02. The highest BCUT2D eigenvalue weighted by atomic mass is 32.2. The Morgan fingerprint density at radius 3 is 2.75 bits per heavy atom. The lowest BCUT2D eigenvalue weighted by Gasteiger charge is -2.28. The Balaban J connectivity index is 1.56. The number of carbonyl (C=O) groups is 1. The first-order chi connectivity index (χ1) is 11.6. The maximum Gasteiger partial charge on any atom is 0.236 e. The lowest BCUT2D eigenvalue weighted by Crippen LogP contribution is -2.44. The third-order valence-electron chi connectivity index (χ3n) is 3.45. The number of nitrogens with one attached hydrogen (secondary N) is 1. The van der Waals surface area contributed by atoms with Crippen LogP contribution in [0.1, 0.15) is 6.92 Å². The van der Waals surface area contributed by atoms with Crippen LogP contribution in [0.5, 0.6) is 0 Å². The van der Waals surface area contributed by atoms with E-state index in [9.17, 15) is 9.18 Å². The normalized spacial score (nSPS) is 16.0. The number of aromatic nitrogens is 2.